The van der Waals surface area contributed by atoms with Gasteiger partial charge in [0.25, 0.3) is 0 Å². The summed E-state index contributed by atoms with van der Waals surface area (Å²) in [7, 11) is 0. The number of rotatable bonds is 5. The first kappa shape index (κ1) is 13.5. The molecule has 4 nitrogen and oxygen atoms in total. The average Bonchev–Trinajstić information content (AvgIpc) is 2.14. The van der Waals surface area contributed by atoms with Crippen molar-refractivity contribution in [2.45, 2.75) is 27.7 Å². The molecule has 0 aliphatic heterocycles. The van der Waals surface area contributed by atoms with Gasteiger partial charge in [-0.2, -0.15) is 0 Å². The van der Waals surface area contributed by atoms with Crippen molar-refractivity contribution in [3.63, 3.8) is 0 Å². The number of carbonyl (C=O) groups is 3. The Bertz CT molecular complexity index is 304. The third-order valence-corrected chi connectivity index (χ3v) is 2.08. The van der Waals surface area contributed by atoms with Gasteiger partial charge in [0.1, 0.15) is 5.41 Å². The van der Waals surface area contributed by atoms with Crippen LogP contribution in [0.3, 0.4) is 0 Å². The van der Waals surface area contributed by atoms with E-state index < -0.39 is 11.4 Å². The molecule has 0 aliphatic rings. The molecule has 0 heterocycles. The number of allylic oxidation sites excluding steroid dienone is 1. The third kappa shape index (κ3) is 3.65. The highest BCUT2D eigenvalue weighted by molar-refractivity contribution is 6.05. The molecule has 0 saturated carbocycles. The molecule has 1 atom stereocenters. The van der Waals surface area contributed by atoms with Crippen LogP contribution in [0.15, 0.2) is 12.2 Å². The van der Waals surface area contributed by atoms with Gasteiger partial charge in [-0.1, -0.05) is 6.08 Å². The highest BCUT2D eigenvalue weighted by Gasteiger charge is 2.37. The third-order valence-electron chi connectivity index (χ3n) is 2.08. The van der Waals surface area contributed by atoms with Crippen LogP contribution in [-0.2, 0) is 19.1 Å². The van der Waals surface area contributed by atoms with Gasteiger partial charge in [-0.3, -0.25) is 14.4 Å². The maximum Gasteiger partial charge on any atom is 0.323 e. The van der Waals surface area contributed by atoms with E-state index in [2.05, 4.69) is 0 Å². The van der Waals surface area contributed by atoms with Crippen LogP contribution in [0.2, 0.25) is 0 Å². The van der Waals surface area contributed by atoms with Crippen LogP contribution in [-0.4, -0.2) is 24.1 Å². The van der Waals surface area contributed by atoms with Gasteiger partial charge in [-0.05, 0) is 33.8 Å². The van der Waals surface area contributed by atoms with Crippen LogP contribution in [0.5, 0.6) is 0 Å². The maximum atomic E-state index is 11.5. The Morgan fingerprint density at radius 2 is 1.80 bits per heavy atom. The molecular formula is C11H16O4. The number of esters is 1. The topological polar surface area (TPSA) is 60.4 Å². The second-order valence-electron chi connectivity index (χ2n) is 3.42. The Balaban J connectivity index is 4.98. The Kier molecular flexibility index (Phi) is 4.91. The fraction of sp³-hybridized carbons (Fsp3) is 0.545. The normalized spacial score (nSPS) is 14.7. The molecule has 0 rings (SSSR count). The van der Waals surface area contributed by atoms with Crippen LogP contribution in [0.1, 0.15) is 27.7 Å². The zero-order valence-electron chi connectivity index (χ0n) is 9.49. The predicted octanol–water partition coefficient (Wildman–Crippen LogP) is 1.29. The number of Topliss-reactive ketones (excluding diaryl/α,β-unsaturated/α-hetero) is 1. The summed E-state index contributed by atoms with van der Waals surface area (Å²) >= 11 is 0. The van der Waals surface area contributed by atoms with Gasteiger partial charge in [0.05, 0.1) is 6.61 Å². The molecule has 0 aromatic heterocycles. The van der Waals surface area contributed by atoms with Gasteiger partial charge in [0, 0.05) is 0 Å². The number of hydrogen-bond donors (Lipinski definition) is 0. The minimum atomic E-state index is -1.36. The molecule has 0 aliphatic carbocycles. The van der Waals surface area contributed by atoms with Crippen molar-refractivity contribution in [2.75, 3.05) is 6.61 Å². The molecular weight excluding hydrogens is 196 g/mol. The Labute approximate surface area is 89.3 Å². The zero-order valence-corrected chi connectivity index (χ0v) is 9.49. The van der Waals surface area contributed by atoms with E-state index >= 15 is 0 Å². The van der Waals surface area contributed by atoms with E-state index in [-0.39, 0.29) is 18.2 Å². The minimum Gasteiger partial charge on any atom is -0.465 e. The highest BCUT2D eigenvalue weighted by atomic mass is 16.5. The lowest BCUT2D eigenvalue weighted by Crippen LogP contribution is -2.34. The number of carbonyl (C=O) groups excluding carboxylic acids is 3. The first-order chi connectivity index (χ1) is 6.84. The number of ketones is 2. The molecule has 0 aromatic carbocycles. The zero-order chi connectivity index (χ0) is 12.1. The van der Waals surface area contributed by atoms with Crippen molar-refractivity contribution >= 4 is 17.5 Å². The molecule has 1 unspecified atom stereocenters. The summed E-state index contributed by atoms with van der Waals surface area (Å²) < 4.78 is 4.78. The van der Waals surface area contributed by atoms with Gasteiger partial charge >= 0.3 is 5.97 Å². The van der Waals surface area contributed by atoms with Gasteiger partial charge in [0.2, 0.25) is 0 Å². The first-order valence-electron chi connectivity index (χ1n) is 4.72. The van der Waals surface area contributed by atoms with Crippen LogP contribution < -0.4 is 0 Å². The molecule has 0 aromatic rings. The van der Waals surface area contributed by atoms with E-state index in [4.69, 9.17) is 4.74 Å². The Hall–Kier alpha value is -1.45. The lowest BCUT2D eigenvalue weighted by Gasteiger charge is -2.19. The minimum absolute atomic E-state index is 0.204. The lowest BCUT2D eigenvalue weighted by molar-refractivity contribution is -0.155. The Morgan fingerprint density at radius 3 is 2.13 bits per heavy atom. The molecule has 0 fully saturated rings. The molecule has 0 saturated heterocycles. The van der Waals surface area contributed by atoms with Gasteiger partial charge in [-0.15, -0.1) is 0 Å². The fourth-order valence-electron chi connectivity index (χ4n) is 0.894. The van der Waals surface area contributed by atoms with Crippen LogP contribution >= 0.6 is 0 Å². The van der Waals surface area contributed by atoms with E-state index in [1.165, 1.54) is 32.9 Å². The monoisotopic (exact) mass is 212 g/mol. The van der Waals surface area contributed by atoms with Gasteiger partial charge in [-0.25, -0.2) is 0 Å². The molecule has 0 N–H and O–H groups in total. The second-order valence-corrected chi connectivity index (χ2v) is 3.42. The van der Waals surface area contributed by atoms with Crippen molar-refractivity contribution in [3.8, 4) is 0 Å². The van der Waals surface area contributed by atoms with Crippen LogP contribution in [0, 0.1) is 5.41 Å². The highest BCUT2D eigenvalue weighted by Crippen LogP contribution is 2.22. The summed E-state index contributed by atoms with van der Waals surface area (Å²) in [6.07, 6.45) is 2.49. The smallest absolute Gasteiger partial charge is 0.323 e. The summed E-state index contributed by atoms with van der Waals surface area (Å²) in [5.41, 5.74) is -1.36. The summed E-state index contributed by atoms with van der Waals surface area (Å²) in [5, 5.41) is 0. The molecule has 0 radical (unpaired) electrons. The first-order valence-corrected chi connectivity index (χ1v) is 4.72. The molecule has 84 valence electrons. The van der Waals surface area contributed by atoms with E-state index in [9.17, 15) is 14.4 Å². The quantitative estimate of drug-likeness (QED) is 0.391. The van der Waals surface area contributed by atoms with E-state index in [0.29, 0.717) is 0 Å². The van der Waals surface area contributed by atoms with Crippen LogP contribution in [0.4, 0.5) is 0 Å². The number of ether oxygens (including phenoxy) is 1. The van der Waals surface area contributed by atoms with Crippen molar-refractivity contribution in [3.05, 3.63) is 12.2 Å². The van der Waals surface area contributed by atoms with Gasteiger partial charge < -0.3 is 4.74 Å². The van der Waals surface area contributed by atoms with Crippen molar-refractivity contribution in [2.24, 2.45) is 5.41 Å². The molecule has 0 bridgehead atoms. The van der Waals surface area contributed by atoms with E-state index in [0.717, 1.165) is 0 Å². The maximum absolute atomic E-state index is 11.5. The standard InChI is InChI=1S/C11H16O4/c1-5-15-10(14)11(4,9(3)13)7-6-8(2)12/h6-7H,5H2,1-4H3/b7-6+. The lowest BCUT2D eigenvalue weighted by atomic mass is 9.86. The van der Waals surface area contributed by atoms with E-state index in [1.807, 2.05) is 0 Å². The average molecular weight is 212 g/mol. The molecule has 4 heteroatoms. The largest absolute Gasteiger partial charge is 0.465 e. The van der Waals surface area contributed by atoms with Crippen molar-refractivity contribution in [1.29, 1.82) is 0 Å². The second kappa shape index (κ2) is 5.44. The summed E-state index contributed by atoms with van der Waals surface area (Å²) in [6.45, 7) is 5.94. The van der Waals surface area contributed by atoms with Gasteiger partial charge in [0.15, 0.2) is 11.6 Å². The summed E-state index contributed by atoms with van der Waals surface area (Å²) in [6, 6.07) is 0. The fourth-order valence-corrected chi connectivity index (χ4v) is 0.894. The van der Waals surface area contributed by atoms with Crippen molar-refractivity contribution in [1.82, 2.24) is 0 Å². The predicted molar refractivity (Wildman–Crippen MR) is 55.2 cm³/mol. The molecule has 0 spiro atoms. The summed E-state index contributed by atoms with van der Waals surface area (Å²) in [4.78, 5) is 33.6. The van der Waals surface area contributed by atoms with Crippen LogP contribution in [0.25, 0.3) is 0 Å². The number of hydrogen-bond acceptors (Lipinski definition) is 4. The Morgan fingerprint density at radius 1 is 1.27 bits per heavy atom. The van der Waals surface area contributed by atoms with Crippen molar-refractivity contribution < 1.29 is 19.1 Å². The summed E-state index contributed by atoms with van der Waals surface area (Å²) in [5.74, 6) is -1.19. The molecule has 0 amide bonds. The molecule has 15 heavy (non-hydrogen) atoms. The SMILES string of the molecule is CCOC(=O)C(C)(/C=C/C(C)=O)C(C)=O. The van der Waals surface area contributed by atoms with E-state index in [1.54, 1.807) is 6.92 Å².